The van der Waals surface area contributed by atoms with Crippen molar-refractivity contribution in [2.24, 2.45) is 0 Å². The Morgan fingerprint density at radius 2 is 1.29 bits per heavy atom. The van der Waals surface area contributed by atoms with Crippen molar-refractivity contribution in [3.05, 3.63) is 12.2 Å². The van der Waals surface area contributed by atoms with Gasteiger partial charge in [0.25, 0.3) is 0 Å². The Morgan fingerprint density at radius 1 is 0.774 bits per heavy atom. The van der Waals surface area contributed by atoms with Crippen molar-refractivity contribution >= 4 is 63.4 Å². The summed E-state index contributed by atoms with van der Waals surface area (Å²) in [7, 11) is 1.71. The van der Waals surface area contributed by atoms with Crippen LogP contribution < -0.4 is 0 Å². The molecule has 0 aliphatic heterocycles. The summed E-state index contributed by atoms with van der Waals surface area (Å²) in [5.74, 6) is 0.0574. The van der Waals surface area contributed by atoms with E-state index in [1.54, 1.807) is 11.9 Å². The van der Waals surface area contributed by atoms with E-state index in [1.165, 1.54) is 57.8 Å². The maximum atomic E-state index is 12.1. The van der Waals surface area contributed by atoms with Crippen molar-refractivity contribution in [1.82, 2.24) is 9.80 Å². The van der Waals surface area contributed by atoms with E-state index in [4.69, 9.17) is 10.2 Å². The van der Waals surface area contributed by atoms with E-state index in [-0.39, 0.29) is 77.0 Å². The fraction of sp³-hybridized carbons (Fsp3) is 0.833. The first-order valence-corrected chi connectivity index (χ1v) is 12.0. The molecule has 0 spiro atoms. The van der Waals surface area contributed by atoms with Crippen LogP contribution in [0.4, 0.5) is 4.79 Å². The molecule has 0 bridgehead atoms. The van der Waals surface area contributed by atoms with Gasteiger partial charge in [-0.05, 0) is 32.1 Å². The van der Waals surface area contributed by atoms with Gasteiger partial charge < -0.3 is 20.0 Å². The predicted octanol–water partition coefficient (Wildman–Crippen LogP) is 4.81. The first kappa shape index (κ1) is 33.3. The number of hydrogen-bond acceptors (Lipinski definition) is 3. The number of carboxylic acid groups (broad SMARTS) is 1. The standard InChI is InChI=1S/C24H46N2O4.K.H/c1-3-4-5-6-7-8-9-10-11-12-13-14-15-16-17-18-23(28)25(2)19-20-26(21-22-27)24(29)30;;/h10-11,27H,3-9,12-22H2,1-2H3,(H,29,30);;/b11-10-;;. The summed E-state index contributed by atoms with van der Waals surface area (Å²) in [5.41, 5.74) is 0. The van der Waals surface area contributed by atoms with Crippen molar-refractivity contribution in [2.45, 2.75) is 96.8 Å². The molecule has 0 saturated heterocycles. The Kier molecular flexibility index (Phi) is 26.5. The molecule has 0 aromatic heterocycles. The number of aliphatic hydroxyl groups is 1. The minimum absolute atomic E-state index is 0. The van der Waals surface area contributed by atoms with Crippen molar-refractivity contribution in [3.8, 4) is 0 Å². The van der Waals surface area contributed by atoms with E-state index in [0.717, 1.165) is 30.6 Å². The van der Waals surface area contributed by atoms with Gasteiger partial charge in [0.1, 0.15) is 0 Å². The molecule has 0 radical (unpaired) electrons. The Hall–Kier alpha value is 0.0764. The van der Waals surface area contributed by atoms with Gasteiger partial charge in [0.05, 0.1) is 6.61 Å². The number of aliphatic hydroxyl groups excluding tert-OH is 1. The summed E-state index contributed by atoms with van der Waals surface area (Å²) < 4.78 is 0. The molecular formula is C24H47KN2O4. The molecule has 31 heavy (non-hydrogen) atoms. The molecule has 0 saturated carbocycles. The molecule has 0 aromatic carbocycles. The summed E-state index contributed by atoms with van der Waals surface area (Å²) in [4.78, 5) is 25.8. The number of likely N-dealkylation sites (N-methyl/N-ethyl adjacent to an activating group) is 1. The third-order valence-electron chi connectivity index (χ3n) is 5.42. The van der Waals surface area contributed by atoms with Crippen LogP contribution in [0.1, 0.15) is 96.8 Å². The summed E-state index contributed by atoms with van der Waals surface area (Å²) in [6.07, 6.45) is 20.1. The molecule has 0 aliphatic carbocycles. The Balaban J connectivity index is 0. The average Bonchev–Trinajstić information content (AvgIpc) is 2.73. The van der Waals surface area contributed by atoms with E-state index in [0.29, 0.717) is 13.0 Å². The van der Waals surface area contributed by atoms with Crippen LogP contribution in [0.25, 0.3) is 0 Å². The average molecular weight is 467 g/mol. The summed E-state index contributed by atoms with van der Waals surface area (Å²) in [6, 6.07) is 0. The Bertz CT molecular complexity index is 461. The zero-order chi connectivity index (χ0) is 22.5. The van der Waals surface area contributed by atoms with E-state index in [2.05, 4.69) is 19.1 Å². The number of hydrogen-bond donors (Lipinski definition) is 2. The fourth-order valence-electron chi connectivity index (χ4n) is 3.36. The van der Waals surface area contributed by atoms with E-state index in [9.17, 15) is 9.59 Å². The summed E-state index contributed by atoms with van der Waals surface area (Å²) in [5, 5.41) is 17.9. The molecule has 0 atom stereocenters. The topological polar surface area (TPSA) is 81.1 Å². The Morgan fingerprint density at radius 3 is 1.81 bits per heavy atom. The van der Waals surface area contributed by atoms with Crippen LogP contribution >= 0.6 is 0 Å². The third kappa shape index (κ3) is 21.7. The first-order valence-electron chi connectivity index (χ1n) is 12.0. The maximum absolute atomic E-state index is 12.1. The van der Waals surface area contributed by atoms with Gasteiger partial charge in [0, 0.05) is 33.1 Å². The normalized spacial score (nSPS) is 10.8. The van der Waals surface area contributed by atoms with Gasteiger partial charge in [-0.15, -0.1) is 0 Å². The number of carbonyl (C=O) groups is 2. The van der Waals surface area contributed by atoms with Crippen LogP contribution in [0.2, 0.25) is 0 Å². The van der Waals surface area contributed by atoms with Gasteiger partial charge >= 0.3 is 57.5 Å². The van der Waals surface area contributed by atoms with Crippen LogP contribution in [-0.2, 0) is 4.79 Å². The van der Waals surface area contributed by atoms with Crippen LogP contribution in [0.5, 0.6) is 0 Å². The van der Waals surface area contributed by atoms with Crippen LogP contribution in [0.3, 0.4) is 0 Å². The number of allylic oxidation sites excluding steroid dienone is 2. The number of carbonyl (C=O) groups excluding carboxylic acids is 1. The zero-order valence-electron chi connectivity index (χ0n) is 19.5. The van der Waals surface area contributed by atoms with Crippen LogP contribution in [0, 0.1) is 0 Å². The first-order chi connectivity index (χ1) is 14.5. The Labute approximate surface area is 233 Å². The molecule has 0 rings (SSSR count). The van der Waals surface area contributed by atoms with E-state index < -0.39 is 6.09 Å². The van der Waals surface area contributed by atoms with Gasteiger partial charge in [-0.25, -0.2) is 4.79 Å². The molecule has 6 nitrogen and oxygen atoms in total. The van der Waals surface area contributed by atoms with Gasteiger partial charge in [-0.2, -0.15) is 0 Å². The minimum atomic E-state index is -1.07. The second-order valence-corrected chi connectivity index (χ2v) is 8.14. The van der Waals surface area contributed by atoms with Crippen molar-refractivity contribution in [3.63, 3.8) is 0 Å². The van der Waals surface area contributed by atoms with Crippen molar-refractivity contribution in [1.29, 1.82) is 0 Å². The van der Waals surface area contributed by atoms with Crippen LogP contribution in [-0.4, -0.2) is 117 Å². The SMILES string of the molecule is CCCCCCCC/C=C\CCCCCCCC(=O)N(C)CCN(CCO)C(=O)O.[KH]. The monoisotopic (exact) mass is 466 g/mol. The molecule has 2 N–H and O–H groups in total. The van der Waals surface area contributed by atoms with E-state index in [1.807, 2.05) is 0 Å². The zero-order valence-corrected chi connectivity index (χ0v) is 19.5. The predicted molar refractivity (Wildman–Crippen MR) is 131 cm³/mol. The molecule has 0 aliphatic rings. The summed E-state index contributed by atoms with van der Waals surface area (Å²) >= 11 is 0. The second-order valence-electron chi connectivity index (χ2n) is 8.14. The van der Waals surface area contributed by atoms with E-state index >= 15 is 0 Å². The number of nitrogens with zero attached hydrogens (tertiary/aromatic N) is 2. The molecule has 0 fully saturated rings. The van der Waals surface area contributed by atoms with Gasteiger partial charge in [0.15, 0.2) is 0 Å². The van der Waals surface area contributed by atoms with Gasteiger partial charge in [-0.1, -0.05) is 70.4 Å². The molecule has 0 unspecified atom stereocenters. The second kappa shape index (κ2) is 24.7. The number of amides is 2. The number of rotatable bonds is 20. The van der Waals surface area contributed by atoms with Crippen LogP contribution in [0.15, 0.2) is 12.2 Å². The van der Waals surface area contributed by atoms with Gasteiger partial charge in [0.2, 0.25) is 5.91 Å². The fourth-order valence-corrected chi connectivity index (χ4v) is 3.36. The molecule has 2 amide bonds. The van der Waals surface area contributed by atoms with Gasteiger partial charge in [-0.3, -0.25) is 4.79 Å². The summed E-state index contributed by atoms with van der Waals surface area (Å²) in [6.45, 7) is 2.70. The third-order valence-corrected chi connectivity index (χ3v) is 5.42. The molecule has 7 heteroatoms. The number of unbranched alkanes of at least 4 members (excludes halogenated alkanes) is 11. The van der Waals surface area contributed by atoms with Crippen molar-refractivity contribution in [2.75, 3.05) is 33.3 Å². The molecule has 0 aromatic rings. The molecule has 178 valence electrons. The quantitative estimate of drug-likeness (QED) is 0.153. The van der Waals surface area contributed by atoms with Crippen molar-refractivity contribution < 1.29 is 19.8 Å². The molecule has 0 heterocycles. The molecular weight excluding hydrogens is 419 g/mol.